The first-order valence-corrected chi connectivity index (χ1v) is 9.63. The molecule has 0 saturated heterocycles. The smallest absolute Gasteiger partial charge is 0.0553 e. The third kappa shape index (κ3) is 5.58. The van der Waals surface area contributed by atoms with Crippen LogP contribution in [0.5, 0.6) is 0 Å². The van der Waals surface area contributed by atoms with E-state index in [2.05, 4.69) is 33.9 Å². The van der Waals surface area contributed by atoms with Crippen LogP contribution in [0, 0.1) is 5.92 Å². The van der Waals surface area contributed by atoms with Crippen LogP contribution >= 0.6 is 27.0 Å². The number of aliphatic hydroxyl groups excluding tert-OH is 1. The number of hydrogen-bond donors (Lipinski definition) is 1. The van der Waals surface area contributed by atoms with Gasteiger partial charge in [-0.2, -0.15) is 27.0 Å². The highest BCUT2D eigenvalue weighted by Crippen LogP contribution is 2.41. The van der Waals surface area contributed by atoms with Crippen LogP contribution < -0.4 is 0 Å². The second kappa shape index (κ2) is 7.46. The van der Waals surface area contributed by atoms with E-state index in [9.17, 15) is 5.11 Å². The molecule has 0 aromatic carbocycles. The van der Waals surface area contributed by atoms with Gasteiger partial charge in [-0.3, -0.25) is 0 Å². The van der Waals surface area contributed by atoms with Crippen LogP contribution in [-0.4, -0.2) is 19.3 Å². The maximum absolute atomic E-state index is 10.3. The van der Waals surface area contributed by atoms with Gasteiger partial charge in [0, 0.05) is 0 Å². The monoisotopic (exact) mass is 296 g/mol. The van der Waals surface area contributed by atoms with Crippen molar-refractivity contribution in [2.45, 2.75) is 76.7 Å². The molecule has 1 saturated carbocycles. The summed E-state index contributed by atoms with van der Waals surface area (Å²) in [5.74, 6) is 0.610. The van der Waals surface area contributed by atoms with Crippen molar-refractivity contribution in [2.75, 3.05) is 0 Å². The van der Waals surface area contributed by atoms with Crippen molar-refractivity contribution < 1.29 is 5.11 Å². The summed E-state index contributed by atoms with van der Waals surface area (Å²) >= 11 is 0. The molecular formula is C13H32OS2Si. The van der Waals surface area contributed by atoms with Crippen LogP contribution in [0.25, 0.3) is 0 Å². The lowest BCUT2D eigenvalue weighted by atomic mass is 10.0. The van der Waals surface area contributed by atoms with Gasteiger partial charge in [0.15, 0.2) is 0 Å². The Morgan fingerprint density at radius 2 is 1.53 bits per heavy atom. The van der Waals surface area contributed by atoms with Crippen LogP contribution in [-0.2, 0) is 0 Å². The second-order valence-corrected chi connectivity index (χ2v) is 12.6. The van der Waals surface area contributed by atoms with Gasteiger partial charge in [-0.15, -0.1) is 0 Å². The van der Waals surface area contributed by atoms with E-state index in [1.807, 2.05) is 0 Å². The molecule has 1 aliphatic rings. The van der Waals surface area contributed by atoms with E-state index in [0.717, 1.165) is 6.04 Å². The Labute approximate surface area is 123 Å². The van der Waals surface area contributed by atoms with Crippen molar-refractivity contribution in [3.8, 4) is 0 Å². The van der Waals surface area contributed by atoms with E-state index >= 15 is 0 Å². The predicted octanol–water partition coefficient (Wildman–Crippen LogP) is 4.27. The summed E-state index contributed by atoms with van der Waals surface area (Å²) in [7, 11) is -1.29. The molecule has 0 heterocycles. The van der Waals surface area contributed by atoms with Gasteiger partial charge >= 0.3 is 0 Å². The average Bonchev–Trinajstić information content (AvgIpc) is 2.51. The summed E-state index contributed by atoms with van der Waals surface area (Å²) in [6, 6.07) is 1.08. The largest absolute Gasteiger partial charge is 0.393 e. The van der Waals surface area contributed by atoms with Crippen LogP contribution in [0.15, 0.2) is 0 Å². The maximum Gasteiger partial charge on any atom is 0.0553 e. The van der Waals surface area contributed by atoms with Crippen LogP contribution in [0.3, 0.4) is 0 Å². The molecule has 1 rings (SSSR count). The Bertz CT molecular complexity index is 208. The summed E-state index contributed by atoms with van der Waals surface area (Å²) in [5.41, 5.74) is 0. The van der Waals surface area contributed by atoms with Crippen LogP contribution in [0.2, 0.25) is 24.2 Å². The molecule has 4 heteroatoms. The third-order valence-corrected chi connectivity index (χ3v) is 10.2. The predicted molar refractivity (Wildman–Crippen MR) is 90.7 cm³/mol. The first-order chi connectivity index (χ1) is 6.74. The number of aliphatic hydroxyl groups is 1. The van der Waals surface area contributed by atoms with Crippen molar-refractivity contribution in [1.29, 1.82) is 0 Å². The van der Waals surface area contributed by atoms with Crippen molar-refractivity contribution in [2.24, 2.45) is 5.92 Å². The molecule has 0 unspecified atom stereocenters. The van der Waals surface area contributed by atoms with E-state index in [0.29, 0.717) is 11.0 Å². The van der Waals surface area contributed by atoms with Gasteiger partial charge in [0.05, 0.1) is 14.2 Å². The lowest BCUT2D eigenvalue weighted by molar-refractivity contribution is 0.126. The topological polar surface area (TPSA) is 20.2 Å². The minimum atomic E-state index is -1.29. The molecule has 0 radical (unpaired) electrons. The molecule has 0 aromatic heterocycles. The third-order valence-electron chi connectivity index (χ3n) is 4.69. The zero-order valence-corrected chi connectivity index (χ0v) is 15.1. The fourth-order valence-electron chi connectivity index (χ4n) is 2.34. The van der Waals surface area contributed by atoms with Gasteiger partial charge in [0.25, 0.3) is 0 Å². The fourth-order valence-corrected chi connectivity index (χ4v) is 4.33. The molecule has 0 bridgehead atoms. The van der Waals surface area contributed by atoms with Gasteiger partial charge in [-0.1, -0.05) is 46.7 Å². The van der Waals surface area contributed by atoms with Crippen molar-refractivity contribution in [1.82, 2.24) is 0 Å². The molecule has 1 N–H and O–H groups in total. The average molecular weight is 297 g/mol. The van der Waals surface area contributed by atoms with Gasteiger partial charge < -0.3 is 5.11 Å². The van der Waals surface area contributed by atoms with Gasteiger partial charge in [-0.05, 0) is 29.8 Å². The Morgan fingerprint density at radius 1 is 1.12 bits per heavy atom. The van der Waals surface area contributed by atoms with E-state index < -0.39 is 8.07 Å². The highest BCUT2D eigenvalue weighted by molar-refractivity contribution is 7.59. The Morgan fingerprint density at radius 3 is 1.88 bits per heavy atom. The van der Waals surface area contributed by atoms with Gasteiger partial charge in [0.1, 0.15) is 0 Å². The summed E-state index contributed by atoms with van der Waals surface area (Å²) in [4.78, 5) is 0. The molecule has 0 amide bonds. The molecule has 0 aliphatic heterocycles. The molecular weight excluding hydrogens is 264 g/mol. The molecule has 0 spiro atoms. The second-order valence-electron chi connectivity index (χ2n) is 6.95. The molecule has 1 aliphatic carbocycles. The van der Waals surface area contributed by atoms with Gasteiger partial charge in [0.2, 0.25) is 0 Å². The van der Waals surface area contributed by atoms with Crippen molar-refractivity contribution >= 4 is 35.1 Å². The molecule has 1 fully saturated rings. The summed E-state index contributed by atoms with van der Waals surface area (Å²) in [5, 5.41) is 10.7. The number of rotatable bonds is 3. The minimum absolute atomic E-state index is 0. The highest BCUT2D eigenvalue weighted by atomic mass is 32.1. The minimum Gasteiger partial charge on any atom is -0.393 e. The summed E-state index contributed by atoms with van der Waals surface area (Å²) in [6.45, 7) is 11.8. The summed E-state index contributed by atoms with van der Waals surface area (Å²) < 4.78 is 0. The lowest BCUT2D eigenvalue weighted by Gasteiger charge is -2.39. The SMILES string of the molecule is CC(C)(C)[Si](C)(C)C[C@@H](O)C1CCCC1.S.S. The first-order valence-electron chi connectivity index (χ1n) is 6.42. The zero-order chi connectivity index (χ0) is 11.7. The van der Waals surface area contributed by atoms with Crippen LogP contribution in [0.1, 0.15) is 46.5 Å². The maximum atomic E-state index is 10.3. The Kier molecular flexibility index (Phi) is 8.87. The van der Waals surface area contributed by atoms with E-state index in [-0.39, 0.29) is 33.1 Å². The number of hydrogen-bond acceptors (Lipinski definition) is 1. The normalized spacial score (nSPS) is 19.4. The summed E-state index contributed by atoms with van der Waals surface area (Å²) in [6.07, 6.45) is 5.16. The molecule has 17 heavy (non-hydrogen) atoms. The molecule has 0 aromatic rings. The molecule has 1 atom stereocenters. The van der Waals surface area contributed by atoms with E-state index in [4.69, 9.17) is 0 Å². The van der Waals surface area contributed by atoms with E-state index in [1.165, 1.54) is 25.7 Å². The lowest BCUT2D eigenvalue weighted by Crippen LogP contribution is -2.41. The van der Waals surface area contributed by atoms with E-state index in [1.54, 1.807) is 0 Å². The zero-order valence-electron chi connectivity index (χ0n) is 12.1. The molecule has 106 valence electrons. The standard InChI is InChI=1S/C13H28OSi.2H2S/c1-13(2,3)15(4,5)10-12(14)11-8-6-7-9-11;;/h11-12,14H,6-10H2,1-5H3;2*1H2/t12-;;/m1../s1. The molecule has 1 nitrogen and oxygen atoms in total. The fraction of sp³-hybridized carbons (Fsp3) is 1.00. The Hall–Kier alpha value is 0.877. The van der Waals surface area contributed by atoms with Crippen LogP contribution in [0.4, 0.5) is 0 Å². The van der Waals surface area contributed by atoms with Crippen molar-refractivity contribution in [3.05, 3.63) is 0 Å². The van der Waals surface area contributed by atoms with Crippen molar-refractivity contribution in [3.63, 3.8) is 0 Å². The van der Waals surface area contributed by atoms with Gasteiger partial charge in [-0.25, -0.2) is 0 Å². The first kappa shape index (κ1) is 20.2. The quantitative estimate of drug-likeness (QED) is 0.771. The highest BCUT2D eigenvalue weighted by Gasteiger charge is 2.38. The Balaban J connectivity index is 0.